The predicted molar refractivity (Wildman–Crippen MR) is 78.6 cm³/mol. The van der Waals surface area contributed by atoms with Gasteiger partial charge >= 0.3 is 0 Å². The number of hydrogen-bond acceptors (Lipinski definition) is 2. The van der Waals surface area contributed by atoms with Gasteiger partial charge in [0.25, 0.3) is 0 Å². The summed E-state index contributed by atoms with van der Waals surface area (Å²) in [5.74, 6) is 0.197. The first-order valence-corrected chi connectivity index (χ1v) is 7.03. The van der Waals surface area contributed by atoms with E-state index in [1.54, 1.807) is 18.2 Å². The molecule has 1 amide bonds. The van der Waals surface area contributed by atoms with Crippen molar-refractivity contribution in [3.8, 4) is 0 Å². The second kappa shape index (κ2) is 7.73. The maximum absolute atomic E-state index is 11.8. The maximum atomic E-state index is 11.8. The molecular formula is C14H19Cl2NO2. The highest BCUT2D eigenvalue weighted by atomic mass is 35.5. The number of hydrogen-bond donors (Lipinski definition) is 2. The highest BCUT2D eigenvalue weighted by Crippen LogP contribution is 2.24. The van der Waals surface area contributed by atoms with Crippen LogP contribution in [0.1, 0.15) is 25.8 Å². The Balaban J connectivity index is 2.48. The van der Waals surface area contributed by atoms with Crippen molar-refractivity contribution in [3.05, 3.63) is 33.8 Å². The van der Waals surface area contributed by atoms with Gasteiger partial charge in [0.15, 0.2) is 0 Å². The zero-order valence-electron chi connectivity index (χ0n) is 11.1. The average Bonchev–Trinajstić information content (AvgIpc) is 2.30. The van der Waals surface area contributed by atoms with Gasteiger partial charge in [-0.2, -0.15) is 0 Å². The van der Waals surface area contributed by atoms with Crippen LogP contribution in [0.25, 0.3) is 0 Å². The van der Waals surface area contributed by atoms with E-state index in [1.165, 1.54) is 0 Å². The van der Waals surface area contributed by atoms with Gasteiger partial charge in [-0.1, -0.05) is 43.1 Å². The smallest absolute Gasteiger partial charge is 0.224 e. The molecule has 0 saturated carbocycles. The standard InChI is InChI=1S/C14H19Cl2NO2/c1-9(2)6-10(18)8-17-14(19)7-11-12(15)4-3-5-13(11)16/h3-5,9-10,18H,6-8H2,1-2H3,(H,17,19). The van der Waals surface area contributed by atoms with Crippen LogP contribution in [0.2, 0.25) is 10.0 Å². The fourth-order valence-electron chi connectivity index (χ4n) is 1.78. The molecule has 3 nitrogen and oxygen atoms in total. The van der Waals surface area contributed by atoms with Crippen LogP contribution >= 0.6 is 23.2 Å². The zero-order valence-corrected chi connectivity index (χ0v) is 12.6. The Hall–Kier alpha value is -0.770. The van der Waals surface area contributed by atoms with Crippen LogP contribution < -0.4 is 5.32 Å². The molecule has 0 spiro atoms. The van der Waals surface area contributed by atoms with E-state index < -0.39 is 6.10 Å². The molecule has 0 fully saturated rings. The predicted octanol–water partition coefficient (Wildman–Crippen LogP) is 3.06. The molecule has 0 radical (unpaired) electrons. The zero-order chi connectivity index (χ0) is 14.4. The summed E-state index contributed by atoms with van der Waals surface area (Å²) in [5.41, 5.74) is 0.613. The summed E-state index contributed by atoms with van der Waals surface area (Å²) in [5, 5.41) is 13.3. The van der Waals surface area contributed by atoms with Crippen LogP contribution in [0.3, 0.4) is 0 Å². The number of carbonyl (C=O) groups is 1. The minimum absolute atomic E-state index is 0.118. The van der Waals surface area contributed by atoms with E-state index in [0.29, 0.717) is 27.9 Å². The highest BCUT2D eigenvalue weighted by molar-refractivity contribution is 6.36. The van der Waals surface area contributed by atoms with Gasteiger partial charge in [0.05, 0.1) is 12.5 Å². The van der Waals surface area contributed by atoms with Gasteiger partial charge in [-0.05, 0) is 30.0 Å². The third-order valence-electron chi connectivity index (χ3n) is 2.68. The van der Waals surface area contributed by atoms with Crippen LogP contribution in [0.15, 0.2) is 18.2 Å². The van der Waals surface area contributed by atoms with Crippen molar-refractivity contribution >= 4 is 29.1 Å². The Bertz CT molecular complexity index is 415. The fraction of sp³-hybridized carbons (Fsp3) is 0.500. The molecule has 0 aromatic heterocycles. The summed E-state index contributed by atoms with van der Waals surface area (Å²) in [6.07, 6.45) is 0.255. The van der Waals surface area contributed by atoms with Crippen molar-refractivity contribution in [2.24, 2.45) is 5.92 Å². The lowest BCUT2D eigenvalue weighted by molar-refractivity contribution is -0.120. The number of benzene rings is 1. The molecule has 0 saturated heterocycles. The van der Waals surface area contributed by atoms with Gasteiger partial charge in [0.1, 0.15) is 0 Å². The maximum Gasteiger partial charge on any atom is 0.224 e. The second-order valence-electron chi connectivity index (χ2n) is 4.96. The monoisotopic (exact) mass is 303 g/mol. The van der Waals surface area contributed by atoms with Gasteiger partial charge in [-0.3, -0.25) is 4.79 Å². The number of halogens is 2. The summed E-state index contributed by atoms with van der Waals surface area (Å²) in [6.45, 7) is 4.29. The largest absolute Gasteiger partial charge is 0.391 e. The molecule has 106 valence electrons. The van der Waals surface area contributed by atoms with Crippen LogP contribution in [0.5, 0.6) is 0 Å². The molecule has 1 rings (SSSR count). The van der Waals surface area contributed by atoms with E-state index in [2.05, 4.69) is 5.32 Å². The van der Waals surface area contributed by atoms with E-state index >= 15 is 0 Å². The Morgan fingerprint density at radius 3 is 2.42 bits per heavy atom. The summed E-state index contributed by atoms with van der Waals surface area (Å²) in [6, 6.07) is 5.13. The van der Waals surface area contributed by atoms with Crippen LogP contribution in [-0.4, -0.2) is 23.7 Å². The minimum Gasteiger partial charge on any atom is -0.391 e. The van der Waals surface area contributed by atoms with Gasteiger partial charge in [0.2, 0.25) is 5.91 Å². The number of amides is 1. The number of nitrogens with one attached hydrogen (secondary N) is 1. The van der Waals surface area contributed by atoms with E-state index in [0.717, 1.165) is 0 Å². The lowest BCUT2D eigenvalue weighted by Gasteiger charge is -2.14. The number of rotatable bonds is 6. The topological polar surface area (TPSA) is 49.3 Å². The van der Waals surface area contributed by atoms with Crippen molar-refractivity contribution in [1.82, 2.24) is 5.32 Å². The molecule has 2 N–H and O–H groups in total. The normalized spacial score (nSPS) is 12.5. The van der Waals surface area contributed by atoms with Crippen molar-refractivity contribution in [2.75, 3.05) is 6.54 Å². The summed E-state index contributed by atoms with van der Waals surface area (Å²) in [4.78, 5) is 11.8. The van der Waals surface area contributed by atoms with E-state index in [-0.39, 0.29) is 18.9 Å². The molecule has 5 heteroatoms. The molecule has 0 heterocycles. The second-order valence-corrected chi connectivity index (χ2v) is 5.78. The first-order valence-electron chi connectivity index (χ1n) is 6.27. The molecular weight excluding hydrogens is 285 g/mol. The molecule has 0 aliphatic rings. The first kappa shape index (κ1) is 16.3. The molecule has 1 unspecified atom stereocenters. The number of carbonyl (C=O) groups excluding carboxylic acids is 1. The van der Waals surface area contributed by atoms with Gasteiger partial charge < -0.3 is 10.4 Å². The highest BCUT2D eigenvalue weighted by Gasteiger charge is 2.12. The third kappa shape index (κ3) is 5.81. The van der Waals surface area contributed by atoms with E-state index in [9.17, 15) is 9.90 Å². The summed E-state index contributed by atoms with van der Waals surface area (Å²) >= 11 is 12.0. The first-order chi connectivity index (χ1) is 8.90. The van der Waals surface area contributed by atoms with Crippen molar-refractivity contribution < 1.29 is 9.90 Å². The van der Waals surface area contributed by atoms with Crippen LogP contribution in [-0.2, 0) is 11.2 Å². The fourth-order valence-corrected chi connectivity index (χ4v) is 2.31. The molecule has 1 atom stereocenters. The Morgan fingerprint density at radius 2 is 1.89 bits per heavy atom. The number of aliphatic hydroxyl groups is 1. The molecule has 19 heavy (non-hydrogen) atoms. The number of aliphatic hydroxyl groups excluding tert-OH is 1. The van der Waals surface area contributed by atoms with E-state index in [4.69, 9.17) is 23.2 Å². The minimum atomic E-state index is -0.523. The Labute approximate surface area is 123 Å². The quantitative estimate of drug-likeness (QED) is 0.848. The summed E-state index contributed by atoms with van der Waals surface area (Å²) < 4.78 is 0. The average molecular weight is 304 g/mol. The lowest BCUT2D eigenvalue weighted by atomic mass is 10.1. The van der Waals surface area contributed by atoms with Crippen LogP contribution in [0.4, 0.5) is 0 Å². The molecule has 1 aromatic carbocycles. The van der Waals surface area contributed by atoms with Crippen molar-refractivity contribution in [3.63, 3.8) is 0 Å². The van der Waals surface area contributed by atoms with Gasteiger partial charge in [0, 0.05) is 16.6 Å². The molecule has 0 aliphatic heterocycles. The summed E-state index contributed by atoms with van der Waals surface area (Å²) in [7, 11) is 0. The van der Waals surface area contributed by atoms with Gasteiger partial charge in [-0.25, -0.2) is 0 Å². The SMILES string of the molecule is CC(C)CC(O)CNC(=O)Cc1c(Cl)cccc1Cl. The Kier molecular flexibility index (Phi) is 6.63. The van der Waals surface area contributed by atoms with Gasteiger partial charge in [-0.15, -0.1) is 0 Å². The van der Waals surface area contributed by atoms with Crippen molar-refractivity contribution in [1.29, 1.82) is 0 Å². The molecule has 0 bridgehead atoms. The van der Waals surface area contributed by atoms with Crippen molar-refractivity contribution in [2.45, 2.75) is 32.8 Å². The molecule has 1 aromatic rings. The Morgan fingerprint density at radius 1 is 1.32 bits per heavy atom. The lowest BCUT2D eigenvalue weighted by Crippen LogP contribution is -2.33. The third-order valence-corrected chi connectivity index (χ3v) is 3.39. The molecule has 0 aliphatic carbocycles. The van der Waals surface area contributed by atoms with E-state index in [1.807, 2.05) is 13.8 Å². The van der Waals surface area contributed by atoms with Crippen LogP contribution in [0, 0.1) is 5.92 Å².